The van der Waals surface area contributed by atoms with Crippen LogP contribution in [0.25, 0.3) is 6.08 Å². The molecule has 2 aromatic rings. The third-order valence-corrected chi connectivity index (χ3v) is 6.68. The van der Waals surface area contributed by atoms with E-state index < -0.39 is 10.0 Å². The van der Waals surface area contributed by atoms with Crippen molar-refractivity contribution in [1.82, 2.24) is 9.80 Å². The maximum atomic E-state index is 12.9. The standard InChI is InChI=1S/C23H28ClN3O3S/c1-19-10-11-21(24)17-22(19)27(31(2,29)30)18-23(28)26-15-13-25(14-16-26)12-6-9-20-7-4-3-5-8-20/h3-11,17H,12-16,18H2,1-2H3/b9-6+. The lowest BCUT2D eigenvalue weighted by atomic mass is 10.2. The van der Waals surface area contributed by atoms with Crippen molar-refractivity contribution >= 4 is 39.3 Å². The first-order chi connectivity index (χ1) is 14.7. The zero-order valence-electron chi connectivity index (χ0n) is 17.9. The van der Waals surface area contributed by atoms with E-state index in [4.69, 9.17) is 11.6 Å². The third-order valence-electron chi connectivity index (χ3n) is 5.32. The average Bonchev–Trinajstić information content (AvgIpc) is 2.74. The summed E-state index contributed by atoms with van der Waals surface area (Å²) in [4.78, 5) is 16.9. The molecule has 0 bridgehead atoms. The summed E-state index contributed by atoms with van der Waals surface area (Å²) in [5.41, 5.74) is 2.35. The van der Waals surface area contributed by atoms with Gasteiger partial charge < -0.3 is 4.90 Å². The first-order valence-corrected chi connectivity index (χ1v) is 12.4. The molecule has 0 unspecified atom stereocenters. The Balaban J connectivity index is 1.58. The van der Waals surface area contributed by atoms with E-state index in [1.165, 1.54) is 0 Å². The summed E-state index contributed by atoms with van der Waals surface area (Å²) in [5, 5.41) is 0.430. The van der Waals surface area contributed by atoms with Gasteiger partial charge in [0.15, 0.2) is 0 Å². The Bertz CT molecular complexity index is 1030. The van der Waals surface area contributed by atoms with Gasteiger partial charge in [-0.2, -0.15) is 0 Å². The zero-order valence-corrected chi connectivity index (χ0v) is 19.4. The SMILES string of the molecule is Cc1ccc(Cl)cc1N(CC(=O)N1CCN(C/C=C/c2ccccc2)CC1)S(C)(=O)=O. The van der Waals surface area contributed by atoms with Gasteiger partial charge in [-0.1, -0.05) is 60.2 Å². The monoisotopic (exact) mass is 461 g/mol. The van der Waals surface area contributed by atoms with Gasteiger partial charge in [0.1, 0.15) is 6.54 Å². The molecule has 1 aliphatic rings. The Morgan fingerprint density at radius 2 is 1.77 bits per heavy atom. The van der Waals surface area contributed by atoms with Crippen LogP contribution in [0.3, 0.4) is 0 Å². The van der Waals surface area contributed by atoms with Crippen LogP contribution < -0.4 is 4.31 Å². The fourth-order valence-electron chi connectivity index (χ4n) is 3.54. The molecule has 31 heavy (non-hydrogen) atoms. The van der Waals surface area contributed by atoms with Crippen LogP contribution in [0, 0.1) is 6.92 Å². The van der Waals surface area contributed by atoms with Crippen LogP contribution in [0.1, 0.15) is 11.1 Å². The molecule has 0 saturated carbocycles. The number of benzene rings is 2. The number of halogens is 1. The molecule has 1 heterocycles. The van der Waals surface area contributed by atoms with E-state index in [0.29, 0.717) is 23.8 Å². The van der Waals surface area contributed by atoms with E-state index in [2.05, 4.69) is 29.2 Å². The molecule has 1 amide bonds. The van der Waals surface area contributed by atoms with Gasteiger partial charge in [-0.15, -0.1) is 0 Å². The smallest absolute Gasteiger partial charge is 0.243 e. The lowest BCUT2D eigenvalue weighted by molar-refractivity contribution is -0.131. The number of amides is 1. The molecule has 0 aliphatic carbocycles. The van der Waals surface area contributed by atoms with Crippen LogP contribution in [0.5, 0.6) is 0 Å². The average molecular weight is 462 g/mol. The molecule has 0 aromatic heterocycles. The number of carbonyl (C=O) groups is 1. The zero-order chi connectivity index (χ0) is 22.4. The number of hydrogen-bond acceptors (Lipinski definition) is 4. The molecule has 8 heteroatoms. The van der Waals surface area contributed by atoms with E-state index in [9.17, 15) is 13.2 Å². The molecule has 0 atom stereocenters. The molecule has 2 aromatic carbocycles. The quantitative estimate of drug-likeness (QED) is 0.635. The number of sulfonamides is 1. The summed E-state index contributed by atoms with van der Waals surface area (Å²) in [7, 11) is -3.63. The second-order valence-corrected chi connectivity index (χ2v) is 10.0. The van der Waals surface area contributed by atoms with Gasteiger partial charge in [-0.3, -0.25) is 14.0 Å². The number of hydrogen-bond donors (Lipinski definition) is 0. The first-order valence-electron chi connectivity index (χ1n) is 10.2. The number of rotatable bonds is 7. The second kappa shape index (κ2) is 10.3. The molecular formula is C23H28ClN3O3S. The lowest BCUT2D eigenvalue weighted by Gasteiger charge is -2.35. The predicted molar refractivity (Wildman–Crippen MR) is 127 cm³/mol. The molecule has 1 fully saturated rings. The Morgan fingerprint density at radius 3 is 2.42 bits per heavy atom. The topological polar surface area (TPSA) is 60.9 Å². The number of aryl methyl sites for hydroxylation is 1. The molecule has 0 radical (unpaired) electrons. The Labute approximate surface area is 189 Å². The first kappa shape index (κ1) is 23.3. The van der Waals surface area contributed by atoms with Crippen molar-refractivity contribution in [3.8, 4) is 0 Å². The van der Waals surface area contributed by atoms with E-state index in [1.807, 2.05) is 18.2 Å². The van der Waals surface area contributed by atoms with Crippen molar-refractivity contribution in [3.05, 3.63) is 70.8 Å². The van der Waals surface area contributed by atoms with Crippen LogP contribution in [-0.4, -0.2) is 69.6 Å². The summed E-state index contributed by atoms with van der Waals surface area (Å²) in [6.07, 6.45) is 5.33. The van der Waals surface area contributed by atoms with E-state index in [0.717, 1.165) is 41.3 Å². The summed E-state index contributed by atoms with van der Waals surface area (Å²) in [5.74, 6) is -0.204. The van der Waals surface area contributed by atoms with Gasteiger partial charge in [0.2, 0.25) is 15.9 Å². The van der Waals surface area contributed by atoms with Crippen LogP contribution in [0.2, 0.25) is 5.02 Å². The van der Waals surface area contributed by atoms with Crippen molar-refractivity contribution < 1.29 is 13.2 Å². The summed E-state index contributed by atoms with van der Waals surface area (Å²) < 4.78 is 25.9. The summed E-state index contributed by atoms with van der Waals surface area (Å²) in [6, 6.07) is 15.2. The maximum absolute atomic E-state index is 12.9. The van der Waals surface area contributed by atoms with Crippen LogP contribution in [0.15, 0.2) is 54.6 Å². The van der Waals surface area contributed by atoms with Gasteiger partial charge in [-0.25, -0.2) is 8.42 Å². The predicted octanol–water partition coefficient (Wildman–Crippen LogP) is 3.27. The lowest BCUT2D eigenvalue weighted by Crippen LogP contribution is -2.51. The van der Waals surface area contributed by atoms with Crippen LogP contribution in [0.4, 0.5) is 5.69 Å². The highest BCUT2D eigenvalue weighted by molar-refractivity contribution is 7.92. The van der Waals surface area contributed by atoms with Crippen molar-refractivity contribution in [1.29, 1.82) is 0 Å². The Morgan fingerprint density at radius 1 is 1.10 bits per heavy atom. The van der Waals surface area contributed by atoms with Crippen LogP contribution >= 0.6 is 11.6 Å². The minimum atomic E-state index is -3.63. The minimum Gasteiger partial charge on any atom is -0.339 e. The van der Waals surface area contributed by atoms with Crippen LogP contribution in [-0.2, 0) is 14.8 Å². The van der Waals surface area contributed by atoms with Gasteiger partial charge in [0, 0.05) is 37.7 Å². The Kier molecular flexibility index (Phi) is 7.75. The molecular weight excluding hydrogens is 434 g/mol. The molecule has 3 rings (SSSR count). The van der Waals surface area contributed by atoms with Gasteiger partial charge in [0.25, 0.3) is 0 Å². The van der Waals surface area contributed by atoms with Gasteiger partial charge >= 0.3 is 0 Å². The third kappa shape index (κ3) is 6.56. The molecule has 6 nitrogen and oxygen atoms in total. The van der Waals surface area contributed by atoms with E-state index in [1.54, 1.807) is 30.0 Å². The number of piperazine rings is 1. The molecule has 0 N–H and O–H groups in total. The van der Waals surface area contributed by atoms with Gasteiger partial charge in [-0.05, 0) is 30.2 Å². The molecule has 166 valence electrons. The van der Waals surface area contributed by atoms with Crippen molar-refractivity contribution in [3.63, 3.8) is 0 Å². The van der Waals surface area contributed by atoms with E-state index >= 15 is 0 Å². The largest absolute Gasteiger partial charge is 0.339 e. The highest BCUT2D eigenvalue weighted by atomic mass is 35.5. The molecule has 0 spiro atoms. The van der Waals surface area contributed by atoms with Crippen molar-refractivity contribution in [2.45, 2.75) is 6.92 Å². The number of anilines is 1. The maximum Gasteiger partial charge on any atom is 0.243 e. The summed E-state index contributed by atoms with van der Waals surface area (Å²) in [6.45, 7) is 5.03. The highest BCUT2D eigenvalue weighted by Crippen LogP contribution is 2.26. The van der Waals surface area contributed by atoms with Crippen molar-refractivity contribution in [2.75, 3.05) is 49.8 Å². The fourth-order valence-corrected chi connectivity index (χ4v) is 4.60. The highest BCUT2D eigenvalue weighted by Gasteiger charge is 2.27. The normalized spacial score (nSPS) is 15.4. The van der Waals surface area contributed by atoms with Crippen molar-refractivity contribution in [2.24, 2.45) is 0 Å². The summed E-state index contributed by atoms with van der Waals surface area (Å²) >= 11 is 6.07. The van der Waals surface area contributed by atoms with E-state index in [-0.39, 0.29) is 12.5 Å². The second-order valence-electron chi connectivity index (χ2n) is 7.69. The number of carbonyl (C=O) groups excluding carboxylic acids is 1. The Hall–Kier alpha value is -2.35. The minimum absolute atomic E-state index is 0.204. The number of nitrogens with zero attached hydrogens (tertiary/aromatic N) is 3. The molecule has 1 saturated heterocycles. The fraction of sp³-hybridized carbons (Fsp3) is 0.348. The molecule has 1 aliphatic heterocycles. The van der Waals surface area contributed by atoms with Gasteiger partial charge in [0.05, 0.1) is 11.9 Å².